The topological polar surface area (TPSA) is 86.8 Å². The summed E-state index contributed by atoms with van der Waals surface area (Å²) < 4.78 is 29.4. The average Bonchev–Trinajstić information content (AvgIpc) is 2.98. The van der Waals surface area contributed by atoms with Crippen molar-refractivity contribution in [1.29, 1.82) is 0 Å². The average molecular weight is 632 g/mol. The van der Waals surface area contributed by atoms with Crippen LogP contribution >= 0.6 is 11.6 Å². The van der Waals surface area contributed by atoms with Crippen LogP contribution in [0.25, 0.3) is 0 Å². The number of para-hydroxylation sites is 1. The first kappa shape index (κ1) is 32.8. The number of halogens is 1. The lowest BCUT2D eigenvalue weighted by Crippen LogP contribution is -2.56. The number of nitrogens with one attached hydrogen (secondary N) is 1. The van der Waals surface area contributed by atoms with Crippen LogP contribution in [-0.2, 0) is 32.6 Å². The van der Waals surface area contributed by atoms with E-state index >= 15 is 0 Å². The Morgan fingerprint density at radius 1 is 0.795 bits per heavy atom. The van der Waals surface area contributed by atoms with E-state index in [4.69, 9.17) is 11.6 Å². The molecule has 0 spiro atoms. The SMILES string of the molecule is Cc1ccccc1N(CC(=O)N(Cc1ccccc1)C(Cc1ccccc1)C(=O)NC(C)(C)C)S(=O)(=O)c1ccc(Cl)cc1. The van der Waals surface area contributed by atoms with Crippen molar-refractivity contribution >= 4 is 39.1 Å². The number of aryl methyl sites for hydroxylation is 1. The van der Waals surface area contributed by atoms with Gasteiger partial charge in [-0.05, 0) is 74.7 Å². The third-order valence-electron chi connectivity index (χ3n) is 7.03. The Morgan fingerprint density at radius 3 is 1.91 bits per heavy atom. The van der Waals surface area contributed by atoms with E-state index in [-0.39, 0.29) is 23.8 Å². The smallest absolute Gasteiger partial charge is 0.264 e. The molecule has 9 heteroatoms. The first-order valence-corrected chi connectivity index (χ1v) is 16.2. The third-order valence-corrected chi connectivity index (χ3v) is 9.06. The summed E-state index contributed by atoms with van der Waals surface area (Å²) in [6.07, 6.45) is 0.246. The molecule has 0 saturated heterocycles. The van der Waals surface area contributed by atoms with E-state index in [9.17, 15) is 18.0 Å². The van der Waals surface area contributed by atoms with Gasteiger partial charge in [0.15, 0.2) is 0 Å². The number of nitrogens with zero attached hydrogens (tertiary/aromatic N) is 2. The Labute approximate surface area is 265 Å². The molecule has 44 heavy (non-hydrogen) atoms. The molecule has 7 nitrogen and oxygen atoms in total. The van der Waals surface area contributed by atoms with Gasteiger partial charge in [0.1, 0.15) is 12.6 Å². The van der Waals surface area contributed by atoms with E-state index in [1.807, 2.05) is 87.5 Å². The fraction of sp³-hybridized carbons (Fsp3) is 0.257. The minimum absolute atomic E-state index is 0.00104. The second kappa shape index (κ2) is 14.1. The molecule has 0 bridgehead atoms. The lowest BCUT2D eigenvalue weighted by Gasteiger charge is -2.35. The lowest BCUT2D eigenvalue weighted by molar-refractivity contribution is -0.140. The number of hydrogen-bond donors (Lipinski definition) is 1. The summed E-state index contributed by atoms with van der Waals surface area (Å²) in [5.41, 5.74) is 2.17. The van der Waals surface area contributed by atoms with Gasteiger partial charge in [0.2, 0.25) is 11.8 Å². The second-order valence-corrected chi connectivity index (χ2v) is 14.0. The van der Waals surface area contributed by atoms with Crippen molar-refractivity contribution in [3.8, 4) is 0 Å². The molecule has 4 aromatic rings. The summed E-state index contributed by atoms with van der Waals surface area (Å²) in [5.74, 6) is -0.840. The van der Waals surface area contributed by atoms with Gasteiger partial charge in [-0.15, -0.1) is 0 Å². The summed E-state index contributed by atoms with van der Waals surface area (Å²) in [7, 11) is -4.20. The van der Waals surface area contributed by atoms with Gasteiger partial charge in [0.05, 0.1) is 10.6 Å². The van der Waals surface area contributed by atoms with Crippen molar-refractivity contribution in [2.24, 2.45) is 0 Å². The van der Waals surface area contributed by atoms with Crippen molar-refractivity contribution in [2.75, 3.05) is 10.8 Å². The predicted molar refractivity (Wildman–Crippen MR) is 176 cm³/mol. The van der Waals surface area contributed by atoms with Crippen LogP contribution in [0.15, 0.2) is 114 Å². The molecule has 0 radical (unpaired) electrons. The van der Waals surface area contributed by atoms with Crippen LogP contribution in [0.1, 0.15) is 37.5 Å². The molecule has 1 atom stereocenters. The van der Waals surface area contributed by atoms with Gasteiger partial charge in [0, 0.05) is 23.5 Å². The fourth-order valence-corrected chi connectivity index (χ4v) is 6.48. The Hall–Kier alpha value is -4.14. The Balaban J connectivity index is 1.81. The molecular formula is C35H38ClN3O4S. The Kier molecular flexibility index (Phi) is 10.5. The quantitative estimate of drug-likeness (QED) is 0.208. The largest absolute Gasteiger partial charge is 0.350 e. The van der Waals surface area contributed by atoms with Gasteiger partial charge >= 0.3 is 0 Å². The highest BCUT2D eigenvalue weighted by Crippen LogP contribution is 2.28. The summed E-state index contributed by atoms with van der Waals surface area (Å²) in [6, 6.07) is 30.8. The number of anilines is 1. The predicted octanol–water partition coefficient (Wildman–Crippen LogP) is 6.40. The molecule has 1 unspecified atom stereocenters. The number of sulfonamides is 1. The van der Waals surface area contributed by atoms with Gasteiger partial charge in [-0.3, -0.25) is 13.9 Å². The first-order chi connectivity index (χ1) is 20.8. The number of carbonyl (C=O) groups excluding carboxylic acids is 2. The minimum atomic E-state index is -4.20. The van der Waals surface area contributed by atoms with Gasteiger partial charge < -0.3 is 10.2 Å². The molecule has 0 fully saturated rings. The summed E-state index contributed by atoms with van der Waals surface area (Å²) in [5, 5.41) is 3.43. The summed E-state index contributed by atoms with van der Waals surface area (Å²) in [6.45, 7) is 7.03. The normalized spacial score (nSPS) is 12.3. The van der Waals surface area contributed by atoms with Gasteiger partial charge in [-0.1, -0.05) is 90.5 Å². The van der Waals surface area contributed by atoms with Crippen LogP contribution in [-0.4, -0.2) is 43.3 Å². The van der Waals surface area contributed by atoms with E-state index < -0.39 is 34.1 Å². The van der Waals surface area contributed by atoms with E-state index in [2.05, 4.69) is 5.32 Å². The fourth-order valence-electron chi connectivity index (χ4n) is 4.88. The molecule has 0 aliphatic carbocycles. The number of carbonyl (C=O) groups is 2. The maximum atomic E-state index is 14.5. The van der Waals surface area contributed by atoms with Crippen LogP contribution in [0.3, 0.4) is 0 Å². The van der Waals surface area contributed by atoms with E-state index in [0.717, 1.165) is 15.4 Å². The Morgan fingerprint density at radius 2 is 1.34 bits per heavy atom. The zero-order valence-electron chi connectivity index (χ0n) is 25.4. The third kappa shape index (κ3) is 8.49. The van der Waals surface area contributed by atoms with Crippen molar-refractivity contribution in [3.05, 3.63) is 131 Å². The van der Waals surface area contributed by atoms with Gasteiger partial charge in [-0.2, -0.15) is 0 Å². The summed E-state index contributed by atoms with van der Waals surface area (Å²) in [4.78, 5) is 29.9. The molecule has 0 saturated carbocycles. The van der Waals surface area contributed by atoms with Crippen molar-refractivity contribution in [2.45, 2.75) is 57.1 Å². The lowest BCUT2D eigenvalue weighted by atomic mass is 10.0. The monoisotopic (exact) mass is 631 g/mol. The minimum Gasteiger partial charge on any atom is -0.350 e. The molecule has 230 valence electrons. The number of hydrogen-bond acceptors (Lipinski definition) is 4. The van der Waals surface area contributed by atoms with Crippen molar-refractivity contribution < 1.29 is 18.0 Å². The molecule has 0 aliphatic heterocycles. The number of rotatable bonds is 11. The highest BCUT2D eigenvalue weighted by atomic mass is 35.5. The molecule has 4 aromatic carbocycles. The van der Waals surface area contributed by atoms with Crippen LogP contribution in [0.2, 0.25) is 5.02 Å². The van der Waals surface area contributed by atoms with E-state index in [0.29, 0.717) is 16.3 Å². The van der Waals surface area contributed by atoms with Gasteiger partial charge in [0.25, 0.3) is 10.0 Å². The highest BCUT2D eigenvalue weighted by Gasteiger charge is 2.36. The van der Waals surface area contributed by atoms with E-state index in [1.54, 1.807) is 25.1 Å². The first-order valence-electron chi connectivity index (χ1n) is 14.4. The zero-order chi connectivity index (χ0) is 31.9. The molecule has 2 amide bonds. The number of benzene rings is 4. The molecule has 0 aliphatic rings. The maximum absolute atomic E-state index is 14.5. The maximum Gasteiger partial charge on any atom is 0.264 e. The van der Waals surface area contributed by atoms with Crippen LogP contribution in [0, 0.1) is 6.92 Å². The molecule has 1 N–H and O–H groups in total. The van der Waals surface area contributed by atoms with Crippen molar-refractivity contribution in [1.82, 2.24) is 10.2 Å². The van der Waals surface area contributed by atoms with Crippen molar-refractivity contribution in [3.63, 3.8) is 0 Å². The second-order valence-electron chi connectivity index (χ2n) is 11.7. The molecular weight excluding hydrogens is 594 g/mol. The molecule has 0 heterocycles. The highest BCUT2D eigenvalue weighted by molar-refractivity contribution is 7.92. The zero-order valence-corrected chi connectivity index (χ0v) is 27.0. The van der Waals surface area contributed by atoms with E-state index in [1.165, 1.54) is 29.2 Å². The number of amides is 2. The standard InChI is InChI=1S/C35H38ClN3O4S/c1-26-13-11-12-18-31(26)39(44(42,43)30-21-19-29(36)20-22-30)25-33(40)38(24-28-16-9-6-10-17-28)32(34(41)37-35(2,3)4)23-27-14-7-5-8-15-27/h5-22,32H,23-25H2,1-4H3,(H,37,41). The van der Waals surface area contributed by atoms with Gasteiger partial charge in [-0.25, -0.2) is 8.42 Å². The van der Waals surface area contributed by atoms with Crippen LogP contribution in [0.5, 0.6) is 0 Å². The Bertz CT molecular complexity index is 1670. The summed E-state index contributed by atoms with van der Waals surface area (Å²) >= 11 is 6.06. The molecule has 0 aromatic heterocycles. The van der Waals surface area contributed by atoms with Crippen LogP contribution in [0.4, 0.5) is 5.69 Å². The van der Waals surface area contributed by atoms with Crippen LogP contribution < -0.4 is 9.62 Å². The molecule has 4 rings (SSSR count).